The van der Waals surface area contributed by atoms with Crippen molar-refractivity contribution < 1.29 is 4.74 Å². The highest BCUT2D eigenvalue weighted by Crippen LogP contribution is 2.42. The van der Waals surface area contributed by atoms with E-state index in [1.165, 1.54) is 0 Å². The molecule has 3 atom stereocenters. The Bertz CT molecular complexity index is 245. The van der Waals surface area contributed by atoms with Gasteiger partial charge in [0.1, 0.15) is 0 Å². The smallest absolute Gasteiger partial charge is 0.0655 e. The van der Waals surface area contributed by atoms with Crippen LogP contribution in [0.3, 0.4) is 0 Å². The normalized spacial score (nSPS) is 29.8. The zero-order valence-corrected chi connectivity index (χ0v) is 12.3. The van der Waals surface area contributed by atoms with E-state index in [1.54, 1.807) is 0 Å². The van der Waals surface area contributed by atoms with Crippen LogP contribution in [0.25, 0.3) is 0 Å². The fourth-order valence-corrected chi connectivity index (χ4v) is 2.29. The average Bonchev–Trinajstić information content (AvgIpc) is 2.20. The van der Waals surface area contributed by atoms with Crippen LogP contribution in [-0.2, 0) is 4.74 Å². The van der Waals surface area contributed by atoms with Gasteiger partial charge in [-0.05, 0) is 18.8 Å². The summed E-state index contributed by atoms with van der Waals surface area (Å²) >= 11 is 0. The summed E-state index contributed by atoms with van der Waals surface area (Å²) in [4.78, 5) is 0. The summed E-state index contributed by atoms with van der Waals surface area (Å²) in [7, 11) is 0. The van der Waals surface area contributed by atoms with Crippen LogP contribution < -0.4 is 11.1 Å². The van der Waals surface area contributed by atoms with Gasteiger partial charge in [0.05, 0.1) is 6.10 Å². The van der Waals surface area contributed by atoms with Crippen LogP contribution in [0.1, 0.15) is 48.0 Å². The first-order chi connectivity index (χ1) is 7.69. The molecule has 1 saturated carbocycles. The Morgan fingerprint density at radius 2 is 2.00 bits per heavy atom. The van der Waals surface area contributed by atoms with Crippen molar-refractivity contribution in [1.29, 1.82) is 0 Å². The van der Waals surface area contributed by atoms with Crippen molar-refractivity contribution in [2.24, 2.45) is 16.6 Å². The van der Waals surface area contributed by atoms with Crippen LogP contribution in [0.5, 0.6) is 0 Å². The van der Waals surface area contributed by atoms with Gasteiger partial charge in [-0.25, -0.2) is 0 Å². The third kappa shape index (κ3) is 3.43. The zero-order valence-electron chi connectivity index (χ0n) is 12.3. The van der Waals surface area contributed by atoms with E-state index in [2.05, 4.69) is 46.9 Å². The largest absolute Gasteiger partial charge is 0.378 e. The minimum absolute atomic E-state index is 0.167. The Morgan fingerprint density at radius 3 is 2.41 bits per heavy atom. The molecule has 3 unspecified atom stereocenters. The number of nitrogens with two attached hydrogens (primary N) is 1. The molecular formula is C14H30N2O. The predicted molar refractivity (Wildman–Crippen MR) is 73.0 cm³/mol. The lowest BCUT2D eigenvalue weighted by molar-refractivity contribution is -0.114. The number of hydrogen-bond acceptors (Lipinski definition) is 3. The number of ether oxygens (including phenoxy) is 1. The molecule has 17 heavy (non-hydrogen) atoms. The molecule has 0 aliphatic heterocycles. The maximum absolute atomic E-state index is 6.17. The van der Waals surface area contributed by atoms with E-state index in [0.29, 0.717) is 12.1 Å². The lowest BCUT2D eigenvalue weighted by Crippen LogP contribution is -2.62. The highest BCUT2D eigenvalue weighted by molar-refractivity contribution is 5.03. The Labute approximate surface area is 106 Å². The number of nitrogens with one attached hydrogen (secondary N) is 1. The van der Waals surface area contributed by atoms with Crippen LogP contribution in [0, 0.1) is 10.8 Å². The highest BCUT2D eigenvalue weighted by Gasteiger charge is 2.48. The molecule has 0 saturated heterocycles. The van der Waals surface area contributed by atoms with Crippen LogP contribution in [0.4, 0.5) is 0 Å². The van der Waals surface area contributed by atoms with Gasteiger partial charge in [0.15, 0.2) is 0 Å². The second-order valence-electron chi connectivity index (χ2n) is 6.93. The van der Waals surface area contributed by atoms with Crippen LogP contribution in [-0.4, -0.2) is 31.3 Å². The lowest BCUT2D eigenvalue weighted by Gasteiger charge is -2.52. The van der Waals surface area contributed by atoms with Crippen LogP contribution in [0.2, 0.25) is 0 Å². The summed E-state index contributed by atoms with van der Waals surface area (Å²) in [6.45, 7) is 14.9. The summed E-state index contributed by atoms with van der Waals surface area (Å²) in [6.07, 6.45) is 1.51. The van der Waals surface area contributed by atoms with E-state index in [-0.39, 0.29) is 16.9 Å². The van der Waals surface area contributed by atoms with Crippen LogP contribution >= 0.6 is 0 Å². The van der Waals surface area contributed by atoms with Gasteiger partial charge in [-0.1, -0.05) is 34.6 Å². The van der Waals surface area contributed by atoms with Crippen molar-refractivity contribution in [1.82, 2.24) is 5.32 Å². The molecule has 0 aromatic carbocycles. The van der Waals surface area contributed by atoms with Crippen molar-refractivity contribution in [2.45, 2.75) is 66.2 Å². The van der Waals surface area contributed by atoms with E-state index in [0.717, 1.165) is 19.6 Å². The monoisotopic (exact) mass is 242 g/mol. The van der Waals surface area contributed by atoms with Crippen molar-refractivity contribution in [3.05, 3.63) is 0 Å². The maximum Gasteiger partial charge on any atom is 0.0655 e. The van der Waals surface area contributed by atoms with E-state index in [1.807, 2.05) is 0 Å². The number of rotatable bonds is 5. The van der Waals surface area contributed by atoms with E-state index in [4.69, 9.17) is 10.5 Å². The first-order valence-electron chi connectivity index (χ1n) is 6.80. The quantitative estimate of drug-likeness (QED) is 0.776. The molecule has 0 aromatic rings. The molecule has 0 aromatic heterocycles. The number of hydrogen-bond donors (Lipinski definition) is 2. The SMILES string of the molecule is CCOC1CC(NCC(N)C(C)(C)C)C1(C)C. The van der Waals surface area contributed by atoms with Crippen molar-refractivity contribution >= 4 is 0 Å². The molecule has 3 nitrogen and oxygen atoms in total. The molecule has 0 spiro atoms. The Balaban J connectivity index is 2.36. The van der Waals surface area contributed by atoms with E-state index in [9.17, 15) is 0 Å². The van der Waals surface area contributed by atoms with Gasteiger partial charge in [0.25, 0.3) is 0 Å². The first kappa shape index (κ1) is 14.9. The molecule has 3 N–H and O–H groups in total. The fraction of sp³-hybridized carbons (Fsp3) is 1.00. The Hall–Kier alpha value is -0.120. The molecule has 0 amide bonds. The molecule has 1 rings (SSSR count). The third-order valence-corrected chi connectivity index (χ3v) is 4.24. The molecule has 3 heteroatoms. The summed E-state index contributed by atoms with van der Waals surface area (Å²) < 4.78 is 5.73. The van der Waals surface area contributed by atoms with Gasteiger partial charge in [0.2, 0.25) is 0 Å². The molecule has 102 valence electrons. The van der Waals surface area contributed by atoms with Crippen LogP contribution in [0.15, 0.2) is 0 Å². The maximum atomic E-state index is 6.17. The second-order valence-corrected chi connectivity index (χ2v) is 6.93. The lowest BCUT2D eigenvalue weighted by atomic mass is 9.64. The summed E-state index contributed by atoms with van der Waals surface area (Å²) in [5, 5.41) is 3.60. The second kappa shape index (κ2) is 5.25. The summed E-state index contributed by atoms with van der Waals surface area (Å²) in [5.41, 5.74) is 6.56. The van der Waals surface area contributed by atoms with Crippen molar-refractivity contribution in [3.8, 4) is 0 Å². The van der Waals surface area contributed by atoms with E-state index < -0.39 is 0 Å². The van der Waals surface area contributed by atoms with E-state index >= 15 is 0 Å². The predicted octanol–water partition coefficient (Wildman–Crippen LogP) is 2.15. The Morgan fingerprint density at radius 1 is 1.41 bits per heavy atom. The molecule has 1 aliphatic carbocycles. The molecule has 0 heterocycles. The first-order valence-corrected chi connectivity index (χ1v) is 6.80. The standard InChI is InChI=1S/C14H30N2O/c1-7-17-12-8-11(14(12,5)6)16-9-10(15)13(2,3)4/h10-12,16H,7-9,15H2,1-6H3. The Kier molecular flexibility index (Phi) is 4.61. The molecule has 0 radical (unpaired) electrons. The minimum atomic E-state index is 0.167. The summed E-state index contributed by atoms with van der Waals surface area (Å²) in [5.74, 6) is 0. The van der Waals surface area contributed by atoms with Crippen molar-refractivity contribution in [3.63, 3.8) is 0 Å². The fourth-order valence-electron chi connectivity index (χ4n) is 2.29. The third-order valence-electron chi connectivity index (χ3n) is 4.24. The van der Waals surface area contributed by atoms with Gasteiger partial charge in [-0.15, -0.1) is 0 Å². The van der Waals surface area contributed by atoms with Gasteiger partial charge < -0.3 is 15.8 Å². The van der Waals surface area contributed by atoms with Crippen molar-refractivity contribution in [2.75, 3.05) is 13.2 Å². The topological polar surface area (TPSA) is 47.3 Å². The van der Waals surface area contributed by atoms with Gasteiger partial charge in [-0.2, -0.15) is 0 Å². The van der Waals surface area contributed by atoms with Gasteiger partial charge >= 0.3 is 0 Å². The summed E-state index contributed by atoms with van der Waals surface area (Å²) in [6, 6.07) is 0.733. The molecule has 0 bridgehead atoms. The molecule has 1 fully saturated rings. The molecular weight excluding hydrogens is 212 g/mol. The highest BCUT2D eigenvalue weighted by atomic mass is 16.5. The van der Waals surface area contributed by atoms with Gasteiger partial charge in [-0.3, -0.25) is 0 Å². The minimum Gasteiger partial charge on any atom is -0.378 e. The average molecular weight is 242 g/mol. The van der Waals surface area contributed by atoms with Gasteiger partial charge in [0, 0.05) is 30.7 Å². The zero-order chi connectivity index (χ0) is 13.3. The molecule has 1 aliphatic rings.